The number of piperazine rings is 1. The van der Waals surface area contributed by atoms with Gasteiger partial charge in [-0.2, -0.15) is 0 Å². The Bertz CT molecular complexity index is 1270. The summed E-state index contributed by atoms with van der Waals surface area (Å²) in [4.78, 5) is 30.2. The zero-order valence-corrected chi connectivity index (χ0v) is 25.5. The topological polar surface area (TPSA) is 85.5 Å². The average Bonchev–Trinajstić information content (AvgIpc) is 3.37. The molecule has 2 amide bonds. The van der Waals surface area contributed by atoms with Crippen molar-refractivity contribution >= 4 is 40.7 Å². The molecule has 2 saturated heterocycles. The molecular weight excluding hydrogens is 571 g/mol. The molecule has 0 aromatic heterocycles. The van der Waals surface area contributed by atoms with E-state index in [1.54, 1.807) is 0 Å². The highest BCUT2D eigenvalue weighted by atomic mass is 35.5. The van der Waals surface area contributed by atoms with Gasteiger partial charge in [0, 0.05) is 56.9 Å². The Balaban J connectivity index is 1.78. The summed E-state index contributed by atoms with van der Waals surface area (Å²) in [6.07, 6.45) is 3.09. The van der Waals surface area contributed by atoms with Crippen LogP contribution in [0.1, 0.15) is 39.7 Å². The van der Waals surface area contributed by atoms with E-state index in [4.69, 9.17) is 23.2 Å². The number of rotatable bonds is 8. The molecule has 7 nitrogen and oxygen atoms in total. The highest BCUT2D eigenvalue weighted by molar-refractivity contribution is 6.31. The third-order valence-electron chi connectivity index (χ3n) is 8.09. The minimum absolute atomic E-state index is 0.0400. The Morgan fingerprint density at radius 1 is 1.27 bits per heavy atom. The van der Waals surface area contributed by atoms with Crippen molar-refractivity contribution in [2.24, 2.45) is 11.3 Å². The summed E-state index contributed by atoms with van der Waals surface area (Å²) in [7, 11) is 0. The molecule has 41 heavy (non-hydrogen) atoms. The molecule has 0 unspecified atom stereocenters. The van der Waals surface area contributed by atoms with Gasteiger partial charge < -0.3 is 21.3 Å². The Kier molecular flexibility index (Phi) is 9.65. The first kappa shape index (κ1) is 31.6. The van der Waals surface area contributed by atoms with Gasteiger partial charge in [0.15, 0.2) is 0 Å². The molecule has 224 valence electrons. The van der Waals surface area contributed by atoms with Gasteiger partial charge in [-0.05, 0) is 48.1 Å². The van der Waals surface area contributed by atoms with Gasteiger partial charge in [0.1, 0.15) is 17.1 Å². The van der Waals surface area contributed by atoms with Gasteiger partial charge in [-0.15, -0.1) is 0 Å². The van der Waals surface area contributed by atoms with Crippen LogP contribution in [0.15, 0.2) is 47.3 Å². The fraction of sp³-hybridized carbons (Fsp3) is 0.533. The maximum absolute atomic E-state index is 15.0. The smallest absolute Gasteiger partial charge is 0.237 e. The second kappa shape index (κ2) is 12.5. The Hall–Kier alpha value is -2.30. The first-order valence-electron chi connectivity index (χ1n) is 13.9. The molecule has 11 heteroatoms. The van der Waals surface area contributed by atoms with Crippen LogP contribution in [0.4, 0.5) is 14.5 Å². The summed E-state index contributed by atoms with van der Waals surface area (Å²) in [6, 6.07) is 1.19. The monoisotopic (exact) mass is 609 g/mol. The number of hydrogen-bond acceptors (Lipinski definition) is 5. The van der Waals surface area contributed by atoms with E-state index in [0.29, 0.717) is 36.3 Å². The largest absolute Gasteiger partial charge is 0.353 e. The highest BCUT2D eigenvalue weighted by Gasteiger charge is 2.65. The average molecular weight is 611 g/mol. The van der Waals surface area contributed by atoms with Crippen LogP contribution in [0.5, 0.6) is 0 Å². The van der Waals surface area contributed by atoms with E-state index >= 15 is 0 Å². The van der Waals surface area contributed by atoms with Crippen molar-refractivity contribution in [3.05, 3.63) is 63.7 Å². The third-order valence-corrected chi connectivity index (χ3v) is 8.56. The zero-order chi connectivity index (χ0) is 30.1. The molecule has 2 fully saturated rings. The van der Waals surface area contributed by atoms with Gasteiger partial charge in [0.05, 0.1) is 16.1 Å². The number of hydrogen-bond donors (Lipinski definition) is 4. The molecule has 4 rings (SSSR count). The van der Waals surface area contributed by atoms with Gasteiger partial charge in [-0.1, -0.05) is 56.6 Å². The number of carbonyl (C=O) groups excluding carboxylic acids is 2. The molecule has 0 radical (unpaired) electrons. The lowest BCUT2D eigenvalue weighted by Gasteiger charge is -2.37. The molecule has 3 heterocycles. The van der Waals surface area contributed by atoms with Crippen LogP contribution >= 0.6 is 23.2 Å². The first-order chi connectivity index (χ1) is 19.3. The maximum atomic E-state index is 15.0. The molecule has 4 atom stereocenters. The standard InChI is InChI=1S/C30H39Cl2F2N5O2/c1-17(6-7-21(33)18(2)31)25-26(27(40)36-10-13-39-11-8-35-9-12-39)38-24(16-29(3,4)5)30(25)19-14-22(34)20(32)15-23(19)37-28(30)41/h6-7,14-15,24-26,35,38H,1,8-13,16H2,2-5H3,(H,36,40)(H,37,41)/b7-6-,21-18-/t24-,25+,26-,30+/m1/s1. The summed E-state index contributed by atoms with van der Waals surface area (Å²) >= 11 is 11.9. The second-order valence-electron chi connectivity index (χ2n) is 12.2. The molecular formula is C30H39Cl2F2N5O2. The summed E-state index contributed by atoms with van der Waals surface area (Å²) in [6.45, 7) is 16.4. The van der Waals surface area contributed by atoms with Gasteiger partial charge in [-0.3, -0.25) is 14.5 Å². The Labute approximate surface area is 250 Å². The first-order valence-corrected chi connectivity index (χ1v) is 14.7. The van der Waals surface area contributed by atoms with Crippen LogP contribution in [-0.2, 0) is 15.0 Å². The molecule has 0 aliphatic carbocycles. The quantitative estimate of drug-likeness (QED) is 0.323. The van der Waals surface area contributed by atoms with Crippen LogP contribution in [0, 0.1) is 17.2 Å². The SMILES string of the molecule is C=C(/C=C\C(F)=C(/C)Cl)[C@H]1[C@H](C(=O)NCCN2CCNCC2)N[C@H](CC(C)(C)C)[C@]12C(=O)Nc1cc(Cl)c(F)cc12. The van der Waals surface area contributed by atoms with E-state index in [1.807, 2.05) is 20.8 Å². The molecule has 1 spiro atoms. The fourth-order valence-electron chi connectivity index (χ4n) is 6.27. The van der Waals surface area contributed by atoms with Gasteiger partial charge in [0.2, 0.25) is 11.8 Å². The second-order valence-corrected chi connectivity index (χ2v) is 13.2. The van der Waals surface area contributed by atoms with Crippen molar-refractivity contribution in [3.63, 3.8) is 0 Å². The maximum Gasteiger partial charge on any atom is 0.237 e. The molecule has 4 N–H and O–H groups in total. The van der Waals surface area contributed by atoms with Crippen molar-refractivity contribution < 1.29 is 18.4 Å². The van der Waals surface area contributed by atoms with Crippen LogP contribution in [0.25, 0.3) is 0 Å². The molecule has 0 saturated carbocycles. The number of allylic oxidation sites excluding steroid dienone is 4. The van der Waals surface area contributed by atoms with Crippen molar-refractivity contribution in [3.8, 4) is 0 Å². The van der Waals surface area contributed by atoms with E-state index < -0.39 is 41.0 Å². The van der Waals surface area contributed by atoms with E-state index in [-0.39, 0.29) is 21.4 Å². The predicted molar refractivity (Wildman–Crippen MR) is 160 cm³/mol. The Morgan fingerprint density at radius 2 is 1.95 bits per heavy atom. The lowest BCUT2D eigenvalue weighted by molar-refractivity contribution is -0.124. The van der Waals surface area contributed by atoms with E-state index in [0.717, 1.165) is 26.2 Å². The van der Waals surface area contributed by atoms with Crippen molar-refractivity contribution in [2.75, 3.05) is 44.6 Å². The number of anilines is 1. The minimum Gasteiger partial charge on any atom is -0.353 e. The lowest BCUT2D eigenvalue weighted by atomic mass is 9.62. The number of benzene rings is 1. The van der Waals surface area contributed by atoms with E-state index in [1.165, 1.54) is 31.2 Å². The van der Waals surface area contributed by atoms with Crippen LogP contribution in [0.2, 0.25) is 5.02 Å². The van der Waals surface area contributed by atoms with Crippen molar-refractivity contribution in [1.29, 1.82) is 0 Å². The highest BCUT2D eigenvalue weighted by Crippen LogP contribution is 2.55. The summed E-state index contributed by atoms with van der Waals surface area (Å²) in [5.41, 5.74) is -0.564. The number of amides is 2. The van der Waals surface area contributed by atoms with Gasteiger partial charge in [0.25, 0.3) is 0 Å². The normalized spacial score (nSPS) is 27.2. The molecule has 3 aliphatic rings. The molecule has 1 aromatic rings. The summed E-state index contributed by atoms with van der Waals surface area (Å²) < 4.78 is 29.4. The number of nitrogens with zero attached hydrogens (tertiary/aromatic N) is 1. The molecule has 0 bridgehead atoms. The number of fused-ring (bicyclic) bond motifs is 2. The minimum atomic E-state index is -1.41. The number of nitrogens with one attached hydrogen (secondary N) is 4. The summed E-state index contributed by atoms with van der Waals surface area (Å²) in [5.74, 6) is -2.90. The zero-order valence-electron chi connectivity index (χ0n) is 24.0. The summed E-state index contributed by atoms with van der Waals surface area (Å²) in [5, 5.41) is 12.5. The van der Waals surface area contributed by atoms with Crippen molar-refractivity contribution in [2.45, 2.75) is 51.6 Å². The van der Waals surface area contributed by atoms with E-state index in [9.17, 15) is 18.4 Å². The predicted octanol–water partition coefficient (Wildman–Crippen LogP) is 4.64. The van der Waals surface area contributed by atoms with Crippen LogP contribution < -0.4 is 21.3 Å². The van der Waals surface area contributed by atoms with Crippen LogP contribution in [-0.4, -0.2) is 68.1 Å². The Morgan fingerprint density at radius 3 is 2.59 bits per heavy atom. The molecule has 1 aromatic carbocycles. The number of halogens is 4. The number of carbonyl (C=O) groups is 2. The van der Waals surface area contributed by atoms with Gasteiger partial charge in [-0.25, -0.2) is 8.78 Å². The van der Waals surface area contributed by atoms with Crippen molar-refractivity contribution in [1.82, 2.24) is 20.9 Å². The lowest BCUT2D eigenvalue weighted by Crippen LogP contribution is -2.51. The van der Waals surface area contributed by atoms with Gasteiger partial charge >= 0.3 is 0 Å². The third kappa shape index (κ3) is 6.54. The van der Waals surface area contributed by atoms with E-state index in [2.05, 4.69) is 32.7 Å². The molecule has 3 aliphatic heterocycles. The fourth-order valence-corrected chi connectivity index (χ4v) is 6.49. The van der Waals surface area contributed by atoms with Crippen LogP contribution in [0.3, 0.4) is 0 Å².